The van der Waals surface area contributed by atoms with Gasteiger partial charge in [-0.2, -0.15) is 0 Å². The van der Waals surface area contributed by atoms with Crippen LogP contribution in [0.1, 0.15) is 52.9 Å². The van der Waals surface area contributed by atoms with Gasteiger partial charge in [-0.05, 0) is 19.9 Å². The van der Waals surface area contributed by atoms with Crippen LogP contribution < -0.4 is 0 Å². The minimum atomic E-state index is -0.500. The molecule has 0 radical (unpaired) electrons. The third-order valence-electron chi connectivity index (χ3n) is 3.66. The molecule has 0 saturated heterocycles. The Labute approximate surface area is 105 Å². The molecule has 0 aliphatic heterocycles. The highest BCUT2D eigenvalue weighted by Crippen LogP contribution is 2.30. The largest absolute Gasteiger partial charge is 0.389 e. The van der Waals surface area contributed by atoms with E-state index in [1.54, 1.807) is 0 Å². The number of hydrogen-bond acceptors (Lipinski definition) is 3. The number of Topliss-reactive ketones (excluding diaryl/α,β-unsaturated/α-hetero) is 1. The molecular weight excluding hydrogens is 214 g/mol. The average molecular weight is 241 g/mol. The van der Waals surface area contributed by atoms with Crippen molar-refractivity contribution in [2.75, 3.05) is 20.1 Å². The maximum absolute atomic E-state index is 11.8. The van der Waals surface area contributed by atoms with E-state index in [-0.39, 0.29) is 5.41 Å². The highest BCUT2D eigenvalue weighted by atomic mass is 16.3. The van der Waals surface area contributed by atoms with Gasteiger partial charge in [0.05, 0.1) is 5.60 Å². The molecule has 1 N–H and O–H groups in total. The Morgan fingerprint density at radius 2 is 1.82 bits per heavy atom. The lowest BCUT2D eigenvalue weighted by Gasteiger charge is -2.29. The molecule has 0 unspecified atom stereocenters. The van der Waals surface area contributed by atoms with Crippen LogP contribution in [-0.4, -0.2) is 41.5 Å². The van der Waals surface area contributed by atoms with Gasteiger partial charge in [0.1, 0.15) is 5.78 Å². The number of carbonyl (C=O) groups is 1. The summed E-state index contributed by atoms with van der Waals surface area (Å²) < 4.78 is 0. The average Bonchev–Trinajstić information content (AvgIpc) is 2.59. The van der Waals surface area contributed by atoms with Crippen molar-refractivity contribution in [2.45, 2.75) is 58.5 Å². The summed E-state index contributed by atoms with van der Waals surface area (Å²) in [5.74, 6) is 0.294. The summed E-state index contributed by atoms with van der Waals surface area (Å²) in [4.78, 5) is 13.9. The van der Waals surface area contributed by atoms with Gasteiger partial charge in [-0.1, -0.05) is 33.6 Å². The summed E-state index contributed by atoms with van der Waals surface area (Å²) in [5.41, 5.74) is -0.745. The summed E-state index contributed by atoms with van der Waals surface area (Å²) in [6, 6.07) is 0. The number of nitrogens with zero attached hydrogens (tertiary/aromatic N) is 1. The first kappa shape index (κ1) is 14.7. The van der Waals surface area contributed by atoms with Crippen LogP contribution in [0.25, 0.3) is 0 Å². The van der Waals surface area contributed by atoms with Crippen LogP contribution in [-0.2, 0) is 4.79 Å². The SMILES string of the molecule is CN(CCC(=O)C(C)(C)C)CC1(O)CCCC1. The highest BCUT2D eigenvalue weighted by molar-refractivity contribution is 5.83. The summed E-state index contributed by atoms with van der Waals surface area (Å²) in [5, 5.41) is 10.3. The maximum Gasteiger partial charge on any atom is 0.139 e. The van der Waals surface area contributed by atoms with Gasteiger partial charge in [0.15, 0.2) is 0 Å². The van der Waals surface area contributed by atoms with Crippen molar-refractivity contribution < 1.29 is 9.90 Å². The zero-order valence-corrected chi connectivity index (χ0v) is 11.8. The van der Waals surface area contributed by atoms with E-state index in [1.165, 1.54) is 0 Å². The quantitative estimate of drug-likeness (QED) is 0.802. The Balaban J connectivity index is 2.30. The number of carbonyl (C=O) groups excluding carboxylic acids is 1. The van der Waals surface area contributed by atoms with Crippen LogP contribution in [0.4, 0.5) is 0 Å². The molecule has 1 rings (SSSR count). The van der Waals surface area contributed by atoms with Crippen molar-refractivity contribution in [1.82, 2.24) is 4.90 Å². The van der Waals surface area contributed by atoms with E-state index in [0.29, 0.717) is 18.7 Å². The monoisotopic (exact) mass is 241 g/mol. The molecule has 0 bridgehead atoms. The fourth-order valence-corrected chi connectivity index (χ4v) is 2.44. The molecular formula is C14H27NO2. The Kier molecular flexibility index (Phi) is 4.73. The third-order valence-corrected chi connectivity index (χ3v) is 3.66. The maximum atomic E-state index is 11.8. The molecule has 3 heteroatoms. The number of likely N-dealkylation sites (N-methyl/N-ethyl adjacent to an activating group) is 1. The fourth-order valence-electron chi connectivity index (χ4n) is 2.44. The molecule has 1 aliphatic carbocycles. The lowest BCUT2D eigenvalue weighted by Crippen LogP contribution is -2.40. The standard InChI is InChI=1S/C14H27NO2/c1-13(2,3)12(16)7-10-15(4)11-14(17)8-5-6-9-14/h17H,5-11H2,1-4H3. The van der Waals surface area contributed by atoms with Crippen LogP contribution in [0.3, 0.4) is 0 Å². The van der Waals surface area contributed by atoms with Gasteiger partial charge >= 0.3 is 0 Å². The molecule has 1 saturated carbocycles. The first-order chi connectivity index (χ1) is 7.73. The molecule has 0 heterocycles. The van der Waals surface area contributed by atoms with E-state index in [0.717, 1.165) is 32.2 Å². The fraction of sp³-hybridized carbons (Fsp3) is 0.929. The molecule has 0 aromatic carbocycles. The van der Waals surface area contributed by atoms with Gasteiger partial charge in [0.2, 0.25) is 0 Å². The molecule has 0 aromatic rings. The van der Waals surface area contributed by atoms with E-state index in [9.17, 15) is 9.90 Å². The Morgan fingerprint density at radius 3 is 2.29 bits per heavy atom. The molecule has 0 atom stereocenters. The predicted octanol–water partition coefficient (Wildman–Crippen LogP) is 2.23. The van der Waals surface area contributed by atoms with Crippen LogP contribution in [0, 0.1) is 5.41 Å². The first-order valence-corrected chi connectivity index (χ1v) is 6.67. The molecule has 17 heavy (non-hydrogen) atoms. The summed E-state index contributed by atoms with van der Waals surface area (Å²) in [7, 11) is 1.99. The predicted molar refractivity (Wildman–Crippen MR) is 70.0 cm³/mol. The number of aliphatic hydroxyl groups is 1. The minimum absolute atomic E-state index is 0.245. The van der Waals surface area contributed by atoms with E-state index in [4.69, 9.17) is 0 Å². The molecule has 1 aliphatic rings. The molecule has 0 aromatic heterocycles. The lowest BCUT2D eigenvalue weighted by atomic mass is 9.89. The van der Waals surface area contributed by atoms with Crippen LogP contribution >= 0.6 is 0 Å². The zero-order valence-electron chi connectivity index (χ0n) is 11.8. The van der Waals surface area contributed by atoms with Gasteiger partial charge in [-0.15, -0.1) is 0 Å². The Bertz CT molecular complexity index is 262. The Hall–Kier alpha value is -0.410. The number of ketones is 1. The Morgan fingerprint density at radius 1 is 1.29 bits per heavy atom. The zero-order chi connectivity index (χ0) is 13.1. The molecule has 100 valence electrons. The second-order valence-electron chi connectivity index (χ2n) is 6.59. The van der Waals surface area contributed by atoms with E-state index < -0.39 is 5.60 Å². The van der Waals surface area contributed by atoms with Crippen molar-refractivity contribution >= 4 is 5.78 Å². The summed E-state index contributed by atoms with van der Waals surface area (Å²) >= 11 is 0. The van der Waals surface area contributed by atoms with Crippen molar-refractivity contribution in [3.63, 3.8) is 0 Å². The van der Waals surface area contributed by atoms with Gasteiger partial charge in [-0.25, -0.2) is 0 Å². The first-order valence-electron chi connectivity index (χ1n) is 6.67. The summed E-state index contributed by atoms with van der Waals surface area (Å²) in [6.07, 6.45) is 4.65. The highest BCUT2D eigenvalue weighted by Gasteiger charge is 2.32. The third kappa shape index (κ3) is 4.76. The summed E-state index contributed by atoms with van der Waals surface area (Å²) in [6.45, 7) is 7.32. The van der Waals surface area contributed by atoms with Crippen molar-refractivity contribution in [1.29, 1.82) is 0 Å². The lowest BCUT2D eigenvalue weighted by molar-refractivity contribution is -0.126. The number of rotatable bonds is 5. The minimum Gasteiger partial charge on any atom is -0.389 e. The van der Waals surface area contributed by atoms with E-state index >= 15 is 0 Å². The van der Waals surface area contributed by atoms with Gasteiger partial charge in [0.25, 0.3) is 0 Å². The van der Waals surface area contributed by atoms with Gasteiger partial charge < -0.3 is 10.0 Å². The van der Waals surface area contributed by atoms with Crippen molar-refractivity contribution in [3.05, 3.63) is 0 Å². The molecule has 0 amide bonds. The van der Waals surface area contributed by atoms with Crippen LogP contribution in [0.15, 0.2) is 0 Å². The van der Waals surface area contributed by atoms with Gasteiger partial charge in [0, 0.05) is 24.9 Å². The van der Waals surface area contributed by atoms with E-state index in [2.05, 4.69) is 4.90 Å². The van der Waals surface area contributed by atoms with Crippen LogP contribution in [0.5, 0.6) is 0 Å². The smallest absolute Gasteiger partial charge is 0.139 e. The topological polar surface area (TPSA) is 40.5 Å². The van der Waals surface area contributed by atoms with E-state index in [1.807, 2.05) is 27.8 Å². The van der Waals surface area contributed by atoms with Crippen molar-refractivity contribution in [3.8, 4) is 0 Å². The molecule has 0 spiro atoms. The van der Waals surface area contributed by atoms with Gasteiger partial charge in [-0.3, -0.25) is 4.79 Å². The second-order valence-corrected chi connectivity index (χ2v) is 6.59. The normalized spacial score (nSPS) is 19.9. The number of hydrogen-bond donors (Lipinski definition) is 1. The van der Waals surface area contributed by atoms with Crippen molar-refractivity contribution in [2.24, 2.45) is 5.41 Å². The second kappa shape index (κ2) is 5.49. The van der Waals surface area contributed by atoms with Crippen LogP contribution in [0.2, 0.25) is 0 Å². The molecule has 3 nitrogen and oxygen atoms in total. The molecule has 1 fully saturated rings.